The van der Waals surface area contributed by atoms with Crippen LogP contribution in [0.5, 0.6) is 0 Å². The molecular formula is C7H10N2S. The highest BCUT2D eigenvalue weighted by Gasteiger charge is 2.07. The van der Waals surface area contributed by atoms with Crippen molar-refractivity contribution < 1.29 is 0 Å². The lowest BCUT2D eigenvalue weighted by Gasteiger charge is -2.10. The maximum atomic E-state index is 5.64. The smallest absolute Gasteiger partial charge is 0.0693 e. The van der Waals surface area contributed by atoms with Gasteiger partial charge in [0.05, 0.1) is 11.8 Å². The molecule has 0 aliphatic heterocycles. The number of allylic oxidation sites excluding steroid dienone is 2. The highest BCUT2D eigenvalue weighted by atomic mass is 32.1. The van der Waals surface area contributed by atoms with Crippen LogP contribution in [0.25, 0.3) is 0 Å². The van der Waals surface area contributed by atoms with Gasteiger partial charge in [-0.05, 0) is 31.4 Å². The zero-order chi connectivity index (χ0) is 7.56. The molecule has 0 aromatic heterocycles. The van der Waals surface area contributed by atoms with Gasteiger partial charge >= 0.3 is 0 Å². The molecule has 0 fully saturated rings. The third kappa shape index (κ3) is 1.49. The van der Waals surface area contributed by atoms with Crippen molar-refractivity contribution in [1.82, 2.24) is 0 Å². The molecular weight excluding hydrogens is 144 g/mol. The Hall–Kier alpha value is -0.540. The van der Waals surface area contributed by atoms with Gasteiger partial charge in [-0.1, -0.05) is 12.2 Å². The molecule has 1 atom stereocenters. The van der Waals surface area contributed by atoms with Crippen molar-refractivity contribution in [3.8, 4) is 0 Å². The summed E-state index contributed by atoms with van der Waals surface area (Å²) >= 11 is 3.79. The molecule has 0 spiro atoms. The summed E-state index contributed by atoms with van der Waals surface area (Å²) in [5, 5.41) is 0. The number of rotatable bonds is 0. The van der Waals surface area contributed by atoms with Gasteiger partial charge in [0.2, 0.25) is 0 Å². The average molecular weight is 154 g/mol. The number of thiol groups is 1. The lowest BCUT2D eigenvalue weighted by atomic mass is 10.0. The summed E-state index contributed by atoms with van der Waals surface area (Å²) in [4.78, 5) is 0. The molecule has 0 aromatic rings. The van der Waals surface area contributed by atoms with Crippen LogP contribution in [0.3, 0.4) is 0 Å². The van der Waals surface area contributed by atoms with Crippen molar-refractivity contribution in [2.75, 3.05) is 0 Å². The van der Waals surface area contributed by atoms with Gasteiger partial charge in [-0.15, -0.1) is 0 Å². The molecule has 54 valence electrons. The van der Waals surface area contributed by atoms with Gasteiger partial charge in [0, 0.05) is 0 Å². The largest absolute Gasteiger partial charge is 0.319 e. The molecule has 0 heterocycles. The number of nitrogens with zero attached hydrogens (tertiary/aromatic N) is 1. The first-order chi connectivity index (χ1) is 4.74. The molecule has 2 nitrogen and oxygen atoms in total. The molecule has 3 heteroatoms. The summed E-state index contributed by atoms with van der Waals surface area (Å²) in [6.45, 7) is 2.00. The molecule has 0 bridgehead atoms. The van der Waals surface area contributed by atoms with Crippen LogP contribution < -0.4 is 5.73 Å². The molecule has 1 aliphatic carbocycles. The zero-order valence-electron chi connectivity index (χ0n) is 5.78. The Morgan fingerprint density at radius 2 is 2.40 bits per heavy atom. The Balaban J connectivity index is 2.88. The molecule has 2 N–H and O–H groups in total. The minimum atomic E-state index is -0.0822. The molecule has 0 amide bonds. The average Bonchev–Trinajstić information content (AvgIpc) is 1.94. The SMILES string of the molecule is CC1=C/C(=N/S)C(N)C=C1. The van der Waals surface area contributed by atoms with Crippen LogP contribution in [0.15, 0.2) is 28.2 Å². The lowest BCUT2D eigenvalue weighted by Crippen LogP contribution is -2.28. The number of hydrogen-bond acceptors (Lipinski definition) is 3. The van der Waals surface area contributed by atoms with E-state index >= 15 is 0 Å². The zero-order valence-corrected chi connectivity index (χ0v) is 6.68. The summed E-state index contributed by atoms with van der Waals surface area (Å²) < 4.78 is 3.74. The molecule has 0 radical (unpaired) electrons. The Kier molecular flexibility index (Phi) is 2.29. The summed E-state index contributed by atoms with van der Waals surface area (Å²) in [5.74, 6) is 0. The fraction of sp³-hybridized carbons (Fsp3) is 0.286. The van der Waals surface area contributed by atoms with Crippen LogP contribution in [0.1, 0.15) is 6.92 Å². The van der Waals surface area contributed by atoms with Gasteiger partial charge in [0.15, 0.2) is 0 Å². The minimum absolute atomic E-state index is 0.0822. The lowest BCUT2D eigenvalue weighted by molar-refractivity contribution is 1.07. The van der Waals surface area contributed by atoms with Gasteiger partial charge in [0.25, 0.3) is 0 Å². The first-order valence-electron chi connectivity index (χ1n) is 3.08. The molecule has 1 rings (SSSR count). The van der Waals surface area contributed by atoms with Crippen molar-refractivity contribution in [2.24, 2.45) is 10.1 Å². The van der Waals surface area contributed by atoms with Crippen molar-refractivity contribution >= 4 is 18.5 Å². The van der Waals surface area contributed by atoms with E-state index in [1.165, 1.54) is 0 Å². The van der Waals surface area contributed by atoms with Crippen LogP contribution in [-0.4, -0.2) is 11.8 Å². The predicted octanol–water partition coefficient (Wildman–Crippen LogP) is 1.12. The topological polar surface area (TPSA) is 38.4 Å². The quantitative estimate of drug-likeness (QED) is 0.504. The van der Waals surface area contributed by atoms with Crippen molar-refractivity contribution in [2.45, 2.75) is 13.0 Å². The molecule has 10 heavy (non-hydrogen) atoms. The Morgan fingerprint density at radius 1 is 1.70 bits per heavy atom. The third-order valence-corrected chi connectivity index (χ3v) is 1.63. The standard InChI is InChI=1S/C7H10N2S/c1-5-2-3-6(8)7(4-5)9-10/h2-4,6,10H,8H2,1H3/b9-7-. The van der Waals surface area contributed by atoms with Gasteiger partial charge in [-0.3, -0.25) is 0 Å². The molecule has 0 saturated carbocycles. The summed E-state index contributed by atoms with van der Waals surface area (Å²) in [5.41, 5.74) is 7.62. The Morgan fingerprint density at radius 3 is 2.90 bits per heavy atom. The Labute approximate surface area is 66.1 Å². The number of nitrogens with two attached hydrogens (primary N) is 1. The molecule has 1 unspecified atom stereocenters. The first kappa shape index (κ1) is 7.57. The van der Waals surface area contributed by atoms with E-state index in [0.29, 0.717) is 0 Å². The van der Waals surface area contributed by atoms with E-state index in [2.05, 4.69) is 17.2 Å². The second-order valence-corrected chi connectivity index (χ2v) is 2.50. The van der Waals surface area contributed by atoms with Gasteiger partial charge < -0.3 is 5.73 Å². The summed E-state index contributed by atoms with van der Waals surface area (Å²) in [7, 11) is 0. The monoisotopic (exact) mass is 154 g/mol. The maximum Gasteiger partial charge on any atom is 0.0693 e. The van der Waals surface area contributed by atoms with E-state index in [4.69, 9.17) is 5.73 Å². The second kappa shape index (κ2) is 3.03. The minimum Gasteiger partial charge on any atom is -0.319 e. The van der Waals surface area contributed by atoms with Crippen molar-refractivity contribution in [3.05, 3.63) is 23.8 Å². The Bertz CT molecular complexity index is 216. The van der Waals surface area contributed by atoms with E-state index in [0.717, 1.165) is 11.3 Å². The molecule has 1 aliphatic rings. The second-order valence-electron chi connectivity index (χ2n) is 2.30. The van der Waals surface area contributed by atoms with Crippen LogP contribution in [0.4, 0.5) is 0 Å². The summed E-state index contributed by atoms with van der Waals surface area (Å²) in [6, 6.07) is -0.0822. The highest BCUT2D eigenvalue weighted by Crippen LogP contribution is 2.06. The molecule has 0 saturated heterocycles. The van der Waals surface area contributed by atoms with Crippen molar-refractivity contribution in [3.63, 3.8) is 0 Å². The van der Waals surface area contributed by atoms with E-state index < -0.39 is 0 Å². The first-order valence-corrected chi connectivity index (χ1v) is 3.48. The number of hydrogen-bond donors (Lipinski definition) is 2. The van der Waals surface area contributed by atoms with E-state index in [9.17, 15) is 0 Å². The maximum absolute atomic E-state index is 5.64. The van der Waals surface area contributed by atoms with E-state index in [-0.39, 0.29) is 6.04 Å². The van der Waals surface area contributed by atoms with Crippen molar-refractivity contribution in [1.29, 1.82) is 0 Å². The predicted molar refractivity (Wildman–Crippen MR) is 47.3 cm³/mol. The van der Waals surface area contributed by atoms with E-state index in [1.807, 2.05) is 25.2 Å². The van der Waals surface area contributed by atoms with Crippen LogP contribution >= 0.6 is 12.8 Å². The summed E-state index contributed by atoms with van der Waals surface area (Å²) in [6.07, 6.45) is 5.81. The fourth-order valence-electron chi connectivity index (χ4n) is 0.827. The van der Waals surface area contributed by atoms with Crippen LogP contribution in [-0.2, 0) is 0 Å². The normalized spacial score (nSPS) is 28.9. The van der Waals surface area contributed by atoms with Gasteiger partial charge in [-0.2, -0.15) is 0 Å². The van der Waals surface area contributed by atoms with Gasteiger partial charge in [0.1, 0.15) is 0 Å². The van der Waals surface area contributed by atoms with E-state index in [1.54, 1.807) is 0 Å². The fourth-order valence-corrected chi connectivity index (χ4v) is 1.02. The van der Waals surface area contributed by atoms with Crippen LogP contribution in [0.2, 0.25) is 0 Å². The third-order valence-electron chi connectivity index (χ3n) is 1.40. The van der Waals surface area contributed by atoms with Crippen LogP contribution in [0, 0.1) is 0 Å². The molecule has 0 aromatic carbocycles. The van der Waals surface area contributed by atoms with Gasteiger partial charge in [-0.25, -0.2) is 4.40 Å². The highest BCUT2D eigenvalue weighted by molar-refractivity contribution is 7.79.